The van der Waals surface area contributed by atoms with Crippen molar-refractivity contribution in [2.75, 3.05) is 18.6 Å². The van der Waals surface area contributed by atoms with Crippen LogP contribution in [0.5, 0.6) is 0 Å². The molecule has 0 saturated carbocycles. The van der Waals surface area contributed by atoms with Crippen LogP contribution in [0, 0.1) is 10.1 Å². The average Bonchev–Trinajstić information content (AvgIpc) is 2.86. The highest BCUT2D eigenvalue weighted by atomic mass is 79.9. The van der Waals surface area contributed by atoms with Gasteiger partial charge in [0.05, 0.1) is 16.5 Å². The van der Waals surface area contributed by atoms with Crippen molar-refractivity contribution in [2.45, 2.75) is 18.9 Å². The van der Waals surface area contributed by atoms with Crippen LogP contribution < -0.4 is 4.90 Å². The van der Waals surface area contributed by atoms with Gasteiger partial charge in [-0.3, -0.25) is 10.1 Å². The summed E-state index contributed by atoms with van der Waals surface area (Å²) in [6.07, 6.45) is 2.73. The first kappa shape index (κ1) is 13.7. The standard InChI is InChI=1S/C11H12BrN3O4/c1-19-11(16)9-3-2-4-14(9)10-8(12)5-7(6-13-10)15(17)18/h5-6,9H,2-4H2,1H3. The number of ether oxygens (including phenoxy) is 1. The summed E-state index contributed by atoms with van der Waals surface area (Å²) in [5, 5.41) is 10.7. The topological polar surface area (TPSA) is 85.6 Å². The molecule has 1 aliphatic rings. The van der Waals surface area contributed by atoms with E-state index < -0.39 is 4.92 Å². The molecule has 1 fully saturated rings. The maximum atomic E-state index is 11.7. The van der Waals surface area contributed by atoms with E-state index in [0.717, 1.165) is 6.42 Å². The number of methoxy groups -OCH3 is 1. The number of carbonyl (C=O) groups is 1. The van der Waals surface area contributed by atoms with Gasteiger partial charge in [-0.25, -0.2) is 9.78 Å². The smallest absolute Gasteiger partial charge is 0.328 e. The number of nitrogens with zero attached hydrogens (tertiary/aromatic N) is 3. The van der Waals surface area contributed by atoms with Crippen LogP contribution >= 0.6 is 15.9 Å². The summed E-state index contributed by atoms with van der Waals surface area (Å²) in [7, 11) is 1.34. The predicted octanol–water partition coefficient (Wildman–Crippen LogP) is 1.89. The fraction of sp³-hybridized carbons (Fsp3) is 0.455. The number of rotatable bonds is 3. The van der Waals surface area contributed by atoms with Gasteiger partial charge in [-0.2, -0.15) is 0 Å². The molecule has 0 N–H and O–H groups in total. The number of esters is 1. The van der Waals surface area contributed by atoms with Crippen LogP contribution in [0.4, 0.5) is 11.5 Å². The van der Waals surface area contributed by atoms with Gasteiger partial charge in [-0.15, -0.1) is 0 Å². The molecule has 2 heterocycles. The molecule has 0 radical (unpaired) electrons. The lowest BCUT2D eigenvalue weighted by Crippen LogP contribution is -2.37. The van der Waals surface area contributed by atoms with Gasteiger partial charge in [0.1, 0.15) is 18.1 Å². The second-order valence-electron chi connectivity index (χ2n) is 4.13. The summed E-state index contributed by atoms with van der Waals surface area (Å²) in [5.41, 5.74) is -0.0931. The van der Waals surface area contributed by atoms with Gasteiger partial charge in [0.25, 0.3) is 5.69 Å². The number of carbonyl (C=O) groups excluding carboxylic acids is 1. The molecule has 0 spiro atoms. The van der Waals surface area contributed by atoms with Gasteiger partial charge in [-0.05, 0) is 28.8 Å². The Morgan fingerprint density at radius 3 is 3.00 bits per heavy atom. The van der Waals surface area contributed by atoms with Gasteiger partial charge in [0.2, 0.25) is 0 Å². The lowest BCUT2D eigenvalue weighted by molar-refractivity contribution is -0.385. The van der Waals surface area contributed by atoms with Crippen molar-refractivity contribution in [3.63, 3.8) is 0 Å². The normalized spacial score (nSPS) is 18.4. The van der Waals surface area contributed by atoms with E-state index in [1.807, 2.05) is 0 Å². The maximum absolute atomic E-state index is 11.7. The second-order valence-corrected chi connectivity index (χ2v) is 4.98. The van der Waals surface area contributed by atoms with Crippen LogP contribution in [0.25, 0.3) is 0 Å². The minimum atomic E-state index is -0.511. The van der Waals surface area contributed by atoms with Crippen LogP contribution in [0.2, 0.25) is 0 Å². The second kappa shape index (κ2) is 5.52. The van der Waals surface area contributed by atoms with Gasteiger partial charge in [0.15, 0.2) is 0 Å². The predicted molar refractivity (Wildman–Crippen MR) is 71.0 cm³/mol. The largest absolute Gasteiger partial charge is 0.467 e. The van der Waals surface area contributed by atoms with Crippen molar-refractivity contribution in [3.05, 3.63) is 26.9 Å². The molecule has 1 aromatic rings. The Hall–Kier alpha value is -1.70. The Balaban J connectivity index is 2.31. The van der Waals surface area contributed by atoms with Crippen LogP contribution in [0.1, 0.15) is 12.8 Å². The Labute approximate surface area is 117 Å². The highest BCUT2D eigenvalue weighted by Crippen LogP contribution is 2.32. The Kier molecular flexibility index (Phi) is 3.98. The van der Waals surface area contributed by atoms with E-state index in [2.05, 4.69) is 20.9 Å². The van der Waals surface area contributed by atoms with Gasteiger partial charge in [0, 0.05) is 12.6 Å². The summed E-state index contributed by atoms with van der Waals surface area (Å²) in [4.78, 5) is 27.7. The summed E-state index contributed by atoms with van der Waals surface area (Å²) in [6.45, 7) is 0.670. The molecule has 0 amide bonds. The van der Waals surface area contributed by atoms with Crippen molar-refractivity contribution in [1.29, 1.82) is 0 Å². The van der Waals surface area contributed by atoms with E-state index in [-0.39, 0.29) is 17.7 Å². The Bertz CT molecular complexity index is 523. The first-order valence-electron chi connectivity index (χ1n) is 5.69. The maximum Gasteiger partial charge on any atom is 0.328 e. The van der Waals surface area contributed by atoms with Crippen LogP contribution in [-0.4, -0.2) is 35.6 Å². The number of anilines is 1. The van der Waals surface area contributed by atoms with E-state index in [0.29, 0.717) is 23.3 Å². The average molecular weight is 330 g/mol. The molecule has 1 atom stereocenters. The summed E-state index contributed by atoms with van der Waals surface area (Å²) in [5.74, 6) is 0.211. The van der Waals surface area contributed by atoms with Gasteiger partial charge >= 0.3 is 5.97 Å². The molecule has 7 nitrogen and oxygen atoms in total. The van der Waals surface area contributed by atoms with Crippen LogP contribution in [-0.2, 0) is 9.53 Å². The fourth-order valence-corrected chi connectivity index (χ4v) is 2.70. The molecule has 2 rings (SSSR count). The monoisotopic (exact) mass is 329 g/mol. The van der Waals surface area contributed by atoms with Gasteiger partial charge < -0.3 is 9.64 Å². The number of aromatic nitrogens is 1. The van der Waals surface area contributed by atoms with E-state index in [1.165, 1.54) is 19.4 Å². The number of pyridine rings is 1. The molecule has 1 unspecified atom stereocenters. The third-order valence-electron chi connectivity index (χ3n) is 3.02. The van der Waals surface area contributed by atoms with Gasteiger partial charge in [-0.1, -0.05) is 0 Å². The lowest BCUT2D eigenvalue weighted by atomic mass is 10.2. The van der Waals surface area contributed by atoms with Crippen molar-refractivity contribution >= 4 is 33.4 Å². The van der Waals surface area contributed by atoms with Crippen molar-refractivity contribution in [2.24, 2.45) is 0 Å². The molecule has 1 aliphatic heterocycles. The molecule has 8 heteroatoms. The van der Waals surface area contributed by atoms with E-state index >= 15 is 0 Å². The SMILES string of the molecule is COC(=O)C1CCCN1c1ncc([N+](=O)[O-])cc1Br. The molecule has 102 valence electrons. The lowest BCUT2D eigenvalue weighted by Gasteiger charge is -2.24. The molecular weight excluding hydrogens is 318 g/mol. The quantitative estimate of drug-likeness (QED) is 0.478. The molecule has 1 saturated heterocycles. The zero-order chi connectivity index (χ0) is 14.0. The van der Waals surface area contributed by atoms with E-state index in [4.69, 9.17) is 4.74 Å². The molecule has 1 aromatic heterocycles. The zero-order valence-electron chi connectivity index (χ0n) is 10.2. The molecule has 0 bridgehead atoms. The fourth-order valence-electron chi connectivity index (χ4n) is 2.13. The Morgan fingerprint density at radius 2 is 2.42 bits per heavy atom. The number of nitro groups is 1. The first-order valence-corrected chi connectivity index (χ1v) is 6.48. The highest BCUT2D eigenvalue weighted by molar-refractivity contribution is 9.10. The van der Waals surface area contributed by atoms with Crippen molar-refractivity contribution < 1.29 is 14.5 Å². The minimum Gasteiger partial charge on any atom is -0.467 e. The summed E-state index contributed by atoms with van der Waals surface area (Å²) >= 11 is 3.26. The number of hydrogen-bond acceptors (Lipinski definition) is 6. The third kappa shape index (κ3) is 2.67. The Morgan fingerprint density at radius 1 is 1.68 bits per heavy atom. The molecule has 0 aliphatic carbocycles. The van der Waals surface area contributed by atoms with Crippen LogP contribution in [0.15, 0.2) is 16.7 Å². The zero-order valence-corrected chi connectivity index (χ0v) is 11.8. The summed E-state index contributed by atoms with van der Waals surface area (Å²) in [6, 6.07) is 1.00. The van der Waals surface area contributed by atoms with E-state index in [9.17, 15) is 14.9 Å². The molecule has 0 aromatic carbocycles. The van der Waals surface area contributed by atoms with Crippen molar-refractivity contribution in [3.8, 4) is 0 Å². The number of halogens is 1. The van der Waals surface area contributed by atoms with Crippen molar-refractivity contribution in [1.82, 2.24) is 4.98 Å². The third-order valence-corrected chi connectivity index (χ3v) is 3.60. The van der Waals surface area contributed by atoms with E-state index in [1.54, 1.807) is 4.90 Å². The molecular formula is C11H12BrN3O4. The highest BCUT2D eigenvalue weighted by Gasteiger charge is 2.33. The summed E-state index contributed by atoms with van der Waals surface area (Å²) < 4.78 is 5.25. The number of hydrogen-bond donors (Lipinski definition) is 0. The first-order chi connectivity index (χ1) is 9.04. The molecule has 19 heavy (non-hydrogen) atoms. The minimum absolute atomic E-state index is 0.0931. The van der Waals surface area contributed by atoms with Crippen LogP contribution in [0.3, 0.4) is 0 Å².